The summed E-state index contributed by atoms with van der Waals surface area (Å²) in [4.78, 5) is 24.3. The van der Waals surface area contributed by atoms with Crippen molar-refractivity contribution in [3.8, 4) is 6.07 Å². The number of anilines is 1. The lowest BCUT2D eigenvalue weighted by Gasteiger charge is -2.15. The average molecular weight is 355 g/mol. The molecular weight excluding hydrogens is 340 g/mol. The molecule has 0 saturated heterocycles. The smallest absolute Gasteiger partial charge is 0.317 e. The lowest BCUT2D eigenvalue weighted by molar-refractivity contribution is -0.150. The Hall–Kier alpha value is -2.84. The Labute approximate surface area is 150 Å². The highest BCUT2D eigenvalue weighted by Gasteiger charge is 2.52. The van der Waals surface area contributed by atoms with Gasteiger partial charge < -0.3 is 10.1 Å². The molecule has 1 N–H and O–H groups in total. The van der Waals surface area contributed by atoms with Gasteiger partial charge in [-0.25, -0.2) is 0 Å². The Morgan fingerprint density at radius 2 is 1.92 bits per heavy atom. The molecule has 0 aromatic heterocycles. The van der Waals surface area contributed by atoms with Crippen LogP contribution in [0.4, 0.5) is 5.69 Å². The highest BCUT2D eigenvalue weighted by Crippen LogP contribution is 2.49. The summed E-state index contributed by atoms with van der Waals surface area (Å²) in [5, 5.41) is 12.1. The van der Waals surface area contributed by atoms with Gasteiger partial charge in [0.1, 0.15) is 0 Å². The van der Waals surface area contributed by atoms with Gasteiger partial charge in [-0.15, -0.1) is 0 Å². The number of nitrogens with zero attached hydrogens (tertiary/aromatic N) is 1. The van der Waals surface area contributed by atoms with E-state index >= 15 is 0 Å². The van der Waals surface area contributed by atoms with Crippen molar-refractivity contribution in [2.24, 2.45) is 0 Å². The molecule has 0 unspecified atom stereocenters. The SMILES string of the molecule is N#Cc1cccc(NC(=O)COC(=O)C2(c3ccc(Cl)cc3)CC2)c1. The van der Waals surface area contributed by atoms with Crippen LogP contribution in [0.1, 0.15) is 24.0 Å². The standard InChI is InChI=1S/C19H15ClN2O3/c20-15-6-4-14(5-7-15)19(8-9-19)18(24)25-12-17(23)22-16-3-1-2-13(10-16)11-21/h1-7,10H,8-9,12H2,(H,22,23). The maximum Gasteiger partial charge on any atom is 0.317 e. The number of hydrogen-bond donors (Lipinski definition) is 1. The number of nitriles is 1. The van der Waals surface area contributed by atoms with Gasteiger partial charge in [-0.2, -0.15) is 5.26 Å². The first-order valence-electron chi connectivity index (χ1n) is 7.77. The summed E-state index contributed by atoms with van der Waals surface area (Å²) in [7, 11) is 0. The molecule has 1 amide bonds. The van der Waals surface area contributed by atoms with Crippen LogP contribution in [0.25, 0.3) is 0 Å². The first-order chi connectivity index (χ1) is 12.0. The molecule has 1 saturated carbocycles. The van der Waals surface area contributed by atoms with E-state index in [-0.39, 0.29) is 6.61 Å². The monoisotopic (exact) mass is 354 g/mol. The molecule has 1 fully saturated rings. The Morgan fingerprint density at radius 1 is 1.20 bits per heavy atom. The molecule has 2 aromatic rings. The van der Waals surface area contributed by atoms with Gasteiger partial charge in [0.05, 0.1) is 17.0 Å². The van der Waals surface area contributed by atoms with E-state index in [2.05, 4.69) is 5.32 Å². The van der Waals surface area contributed by atoms with Crippen LogP contribution < -0.4 is 5.32 Å². The van der Waals surface area contributed by atoms with Crippen LogP contribution in [0.5, 0.6) is 0 Å². The molecule has 1 aliphatic carbocycles. The molecule has 126 valence electrons. The Morgan fingerprint density at radius 3 is 2.56 bits per heavy atom. The quantitative estimate of drug-likeness (QED) is 0.834. The molecule has 5 nitrogen and oxygen atoms in total. The second-order valence-electron chi connectivity index (χ2n) is 5.91. The molecular formula is C19H15ClN2O3. The van der Waals surface area contributed by atoms with Crippen molar-refractivity contribution in [2.75, 3.05) is 11.9 Å². The summed E-state index contributed by atoms with van der Waals surface area (Å²) >= 11 is 5.87. The number of amides is 1. The number of hydrogen-bond acceptors (Lipinski definition) is 4. The van der Waals surface area contributed by atoms with Crippen LogP contribution in [0.3, 0.4) is 0 Å². The maximum absolute atomic E-state index is 12.4. The van der Waals surface area contributed by atoms with Gasteiger partial charge in [0.25, 0.3) is 5.91 Å². The van der Waals surface area contributed by atoms with E-state index in [0.29, 0.717) is 29.1 Å². The summed E-state index contributed by atoms with van der Waals surface area (Å²) in [6, 6.07) is 15.6. The minimum absolute atomic E-state index is 0.370. The van der Waals surface area contributed by atoms with Gasteiger partial charge in [0.2, 0.25) is 0 Å². The van der Waals surface area contributed by atoms with Gasteiger partial charge in [0, 0.05) is 10.7 Å². The summed E-state index contributed by atoms with van der Waals surface area (Å²) in [5.41, 5.74) is 1.11. The summed E-state index contributed by atoms with van der Waals surface area (Å²) in [6.07, 6.45) is 1.39. The van der Waals surface area contributed by atoms with Crippen molar-refractivity contribution < 1.29 is 14.3 Å². The van der Waals surface area contributed by atoms with E-state index in [0.717, 1.165) is 5.56 Å². The van der Waals surface area contributed by atoms with Crippen molar-refractivity contribution in [3.05, 3.63) is 64.7 Å². The van der Waals surface area contributed by atoms with Gasteiger partial charge in [-0.1, -0.05) is 29.8 Å². The fourth-order valence-corrected chi connectivity index (χ4v) is 2.76. The molecule has 0 spiro atoms. The molecule has 6 heteroatoms. The van der Waals surface area contributed by atoms with Crippen LogP contribution in [-0.4, -0.2) is 18.5 Å². The number of nitrogens with one attached hydrogen (secondary N) is 1. The summed E-state index contributed by atoms with van der Waals surface area (Å²) in [5.74, 6) is -0.855. The minimum atomic E-state index is -0.661. The van der Waals surface area contributed by atoms with Gasteiger partial charge >= 0.3 is 5.97 Å². The fraction of sp³-hybridized carbons (Fsp3) is 0.211. The zero-order chi connectivity index (χ0) is 17.9. The van der Waals surface area contributed by atoms with E-state index < -0.39 is 17.3 Å². The molecule has 3 rings (SSSR count). The number of ether oxygens (including phenoxy) is 1. The highest BCUT2D eigenvalue weighted by molar-refractivity contribution is 6.30. The second kappa shape index (κ2) is 6.96. The Kier molecular flexibility index (Phi) is 4.73. The minimum Gasteiger partial charge on any atom is -0.455 e. The second-order valence-corrected chi connectivity index (χ2v) is 6.34. The average Bonchev–Trinajstić information content (AvgIpc) is 3.42. The molecule has 0 bridgehead atoms. The predicted molar refractivity (Wildman–Crippen MR) is 93.1 cm³/mol. The molecule has 1 aliphatic rings. The van der Waals surface area contributed by atoms with Crippen LogP contribution in [-0.2, 0) is 19.7 Å². The lowest BCUT2D eigenvalue weighted by Crippen LogP contribution is -2.28. The first kappa shape index (κ1) is 17.0. The molecule has 0 heterocycles. The third-order valence-electron chi connectivity index (χ3n) is 4.15. The third-order valence-corrected chi connectivity index (χ3v) is 4.40. The van der Waals surface area contributed by atoms with E-state index in [1.165, 1.54) is 0 Å². The van der Waals surface area contributed by atoms with Crippen molar-refractivity contribution in [3.63, 3.8) is 0 Å². The summed E-state index contributed by atoms with van der Waals surface area (Å²) < 4.78 is 5.20. The van der Waals surface area contributed by atoms with Crippen molar-refractivity contribution in [1.29, 1.82) is 5.26 Å². The molecule has 0 radical (unpaired) electrons. The summed E-state index contributed by atoms with van der Waals surface area (Å²) in [6.45, 7) is -0.370. The number of carbonyl (C=O) groups excluding carboxylic acids is 2. The van der Waals surface area contributed by atoms with Gasteiger partial charge in [0.15, 0.2) is 6.61 Å². The fourth-order valence-electron chi connectivity index (χ4n) is 2.64. The van der Waals surface area contributed by atoms with E-state index in [1.54, 1.807) is 36.4 Å². The van der Waals surface area contributed by atoms with Crippen LogP contribution in [0.15, 0.2) is 48.5 Å². The zero-order valence-corrected chi connectivity index (χ0v) is 14.0. The van der Waals surface area contributed by atoms with Crippen LogP contribution >= 0.6 is 11.6 Å². The molecule has 0 aliphatic heterocycles. The Bertz CT molecular complexity index is 852. The van der Waals surface area contributed by atoms with Crippen LogP contribution in [0, 0.1) is 11.3 Å². The Balaban J connectivity index is 1.58. The number of esters is 1. The van der Waals surface area contributed by atoms with Crippen molar-refractivity contribution in [2.45, 2.75) is 18.3 Å². The molecule has 0 atom stereocenters. The van der Waals surface area contributed by atoms with Crippen LogP contribution in [0.2, 0.25) is 5.02 Å². The normalized spacial score (nSPS) is 14.2. The highest BCUT2D eigenvalue weighted by atomic mass is 35.5. The van der Waals surface area contributed by atoms with Crippen molar-refractivity contribution in [1.82, 2.24) is 0 Å². The number of benzene rings is 2. The predicted octanol–water partition coefficient (Wildman–Crippen LogP) is 3.43. The number of halogens is 1. The lowest BCUT2D eigenvalue weighted by atomic mass is 9.96. The maximum atomic E-state index is 12.4. The largest absolute Gasteiger partial charge is 0.455 e. The van der Waals surface area contributed by atoms with Crippen molar-refractivity contribution >= 4 is 29.2 Å². The third kappa shape index (κ3) is 3.81. The molecule has 25 heavy (non-hydrogen) atoms. The van der Waals surface area contributed by atoms with E-state index in [1.807, 2.05) is 18.2 Å². The van der Waals surface area contributed by atoms with E-state index in [4.69, 9.17) is 21.6 Å². The molecule has 2 aromatic carbocycles. The number of rotatable bonds is 5. The zero-order valence-electron chi connectivity index (χ0n) is 13.3. The van der Waals surface area contributed by atoms with Gasteiger partial charge in [-0.3, -0.25) is 9.59 Å². The number of carbonyl (C=O) groups is 2. The topological polar surface area (TPSA) is 79.2 Å². The first-order valence-corrected chi connectivity index (χ1v) is 8.14. The van der Waals surface area contributed by atoms with E-state index in [9.17, 15) is 9.59 Å². The van der Waals surface area contributed by atoms with Gasteiger partial charge in [-0.05, 0) is 48.7 Å².